The van der Waals surface area contributed by atoms with E-state index in [0.717, 1.165) is 62.3 Å². The number of nitrogens with zero attached hydrogens (tertiary/aromatic N) is 2. The molecule has 0 radical (unpaired) electrons. The van der Waals surface area contributed by atoms with Crippen molar-refractivity contribution in [2.45, 2.75) is 69.7 Å². The Morgan fingerprint density at radius 3 is 2.32 bits per heavy atom. The summed E-state index contributed by atoms with van der Waals surface area (Å²) in [7, 11) is -3.80. The number of amides is 1. The van der Waals surface area contributed by atoms with Gasteiger partial charge in [-0.25, -0.2) is 13.4 Å². The minimum Gasteiger partial charge on any atom is -0.381 e. The fourth-order valence-electron chi connectivity index (χ4n) is 4.87. The molecule has 1 aliphatic heterocycles. The van der Waals surface area contributed by atoms with Crippen LogP contribution in [-0.4, -0.2) is 37.1 Å². The summed E-state index contributed by atoms with van der Waals surface area (Å²) in [5.41, 5.74) is 2.68. The topological polar surface area (TPSA) is 102 Å². The van der Waals surface area contributed by atoms with E-state index in [1.165, 1.54) is 12.1 Å². The van der Waals surface area contributed by atoms with Crippen LogP contribution in [0.2, 0.25) is 0 Å². The maximum absolute atomic E-state index is 13.1. The van der Waals surface area contributed by atoms with Crippen LogP contribution >= 0.6 is 0 Å². The number of sulfonamides is 1. The normalized spacial score (nSPS) is 17.2. The Morgan fingerprint density at radius 2 is 1.68 bits per heavy atom. The van der Waals surface area contributed by atoms with E-state index in [0.29, 0.717) is 29.6 Å². The molecular weight excluding hydrogens is 488 g/mol. The molecule has 2 aliphatic rings. The van der Waals surface area contributed by atoms with Crippen molar-refractivity contribution in [3.63, 3.8) is 0 Å². The predicted molar refractivity (Wildman–Crippen MR) is 145 cm³/mol. The van der Waals surface area contributed by atoms with Crippen LogP contribution in [0.1, 0.15) is 58.7 Å². The number of carbonyl (C=O) groups excluding carboxylic acids is 1. The molecule has 9 heteroatoms. The third-order valence-corrected chi connectivity index (χ3v) is 8.47. The number of fused-ring (bicyclic) bond motifs is 1. The third kappa shape index (κ3) is 6.15. The summed E-state index contributed by atoms with van der Waals surface area (Å²) in [5, 5.41) is 2.84. The molecule has 3 aromatic rings. The summed E-state index contributed by atoms with van der Waals surface area (Å²) < 4.78 is 36.7. The molecule has 0 atom stereocenters. The molecule has 1 aliphatic carbocycles. The maximum Gasteiger partial charge on any atom is 0.261 e. The summed E-state index contributed by atoms with van der Waals surface area (Å²) in [4.78, 5) is 17.1. The number of ether oxygens (including phenoxy) is 1. The number of hydrogen-bond donors (Lipinski definition) is 2. The van der Waals surface area contributed by atoms with E-state index in [-0.39, 0.29) is 16.2 Å². The van der Waals surface area contributed by atoms with Crippen molar-refractivity contribution in [3.8, 4) is 0 Å². The van der Waals surface area contributed by atoms with Gasteiger partial charge in [0.2, 0.25) is 5.91 Å². The summed E-state index contributed by atoms with van der Waals surface area (Å²) in [6, 6.07) is 11.8. The highest BCUT2D eigenvalue weighted by Crippen LogP contribution is 2.33. The van der Waals surface area contributed by atoms with Gasteiger partial charge in [-0.05, 0) is 80.0 Å². The second kappa shape index (κ2) is 10.1. The van der Waals surface area contributed by atoms with E-state index in [2.05, 4.69) is 35.4 Å². The van der Waals surface area contributed by atoms with Gasteiger partial charge in [0.15, 0.2) is 0 Å². The molecule has 0 spiro atoms. The maximum atomic E-state index is 13.1. The van der Waals surface area contributed by atoms with Crippen molar-refractivity contribution >= 4 is 38.3 Å². The first kappa shape index (κ1) is 25.7. The van der Waals surface area contributed by atoms with Crippen LogP contribution in [0.5, 0.6) is 0 Å². The van der Waals surface area contributed by atoms with Gasteiger partial charge in [0.1, 0.15) is 5.82 Å². The summed E-state index contributed by atoms with van der Waals surface area (Å²) in [6.07, 6.45) is 4.80. The average Bonchev–Trinajstić information content (AvgIpc) is 3.58. The number of hydrogen-bond acceptors (Lipinski definition) is 5. The van der Waals surface area contributed by atoms with Gasteiger partial charge in [0.25, 0.3) is 10.0 Å². The van der Waals surface area contributed by atoms with Gasteiger partial charge in [0, 0.05) is 37.3 Å². The molecule has 0 unspecified atom stereocenters. The number of benzene rings is 2. The van der Waals surface area contributed by atoms with Gasteiger partial charge in [-0.1, -0.05) is 20.8 Å². The van der Waals surface area contributed by atoms with Gasteiger partial charge in [-0.2, -0.15) is 0 Å². The van der Waals surface area contributed by atoms with Crippen LogP contribution < -0.4 is 10.0 Å². The highest BCUT2D eigenvalue weighted by atomic mass is 32.2. The van der Waals surface area contributed by atoms with Crippen molar-refractivity contribution in [1.29, 1.82) is 0 Å². The van der Waals surface area contributed by atoms with E-state index >= 15 is 0 Å². The molecule has 1 amide bonds. The molecule has 5 rings (SSSR count). The Hall–Kier alpha value is -2.91. The highest BCUT2D eigenvalue weighted by molar-refractivity contribution is 7.92. The van der Waals surface area contributed by atoms with Crippen molar-refractivity contribution in [1.82, 2.24) is 9.55 Å². The van der Waals surface area contributed by atoms with Gasteiger partial charge < -0.3 is 14.6 Å². The number of nitrogens with one attached hydrogen (secondary N) is 2. The highest BCUT2D eigenvalue weighted by Gasteiger charge is 2.26. The lowest BCUT2D eigenvalue weighted by Crippen LogP contribution is -2.25. The Balaban J connectivity index is 1.34. The lowest BCUT2D eigenvalue weighted by molar-refractivity contribution is -0.116. The minimum absolute atomic E-state index is 0.0320. The Labute approximate surface area is 218 Å². The van der Waals surface area contributed by atoms with Gasteiger partial charge in [-0.3, -0.25) is 9.52 Å². The third-order valence-electron chi connectivity index (χ3n) is 7.07. The molecule has 198 valence electrons. The summed E-state index contributed by atoms with van der Waals surface area (Å²) in [5.74, 6) is 1.99. The van der Waals surface area contributed by atoms with Crippen LogP contribution in [0, 0.1) is 11.8 Å². The smallest absolute Gasteiger partial charge is 0.261 e. The Kier molecular flexibility index (Phi) is 7.02. The zero-order valence-corrected chi connectivity index (χ0v) is 22.6. The minimum atomic E-state index is -3.80. The monoisotopic (exact) mass is 524 g/mol. The molecule has 0 bridgehead atoms. The Morgan fingerprint density at radius 1 is 1.00 bits per heavy atom. The van der Waals surface area contributed by atoms with E-state index in [9.17, 15) is 13.2 Å². The standard InChI is InChI=1S/C28H36N4O4S/c1-28(2,3)27-30-24-17-22(8-11-25(24)32(27)18-20-12-14-36-15-13-20)31-37(34,35)23-9-6-21(7-10-23)29-26(33)16-19-4-5-19/h6-11,17,19-20,31H,4-5,12-16,18H2,1-3H3,(H,29,33). The summed E-state index contributed by atoms with van der Waals surface area (Å²) >= 11 is 0. The average molecular weight is 525 g/mol. The predicted octanol–water partition coefficient (Wildman–Crippen LogP) is 5.30. The van der Waals surface area contributed by atoms with E-state index in [1.807, 2.05) is 6.07 Å². The molecule has 1 saturated carbocycles. The van der Waals surface area contributed by atoms with Crippen molar-refractivity contribution in [2.75, 3.05) is 23.3 Å². The molecule has 8 nitrogen and oxygen atoms in total. The SMILES string of the molecule is CC(C)(C)c1nc2cc(NS(=O)(=O)c3ccc(NC(=O)CC4CC4)cc3)ccc2n1CC1CCOCC1. The second-order valence-corrected chi connectivity index (χ2v) is 13.1. The molecule has 37 heavy (non-hydrogen) atoms. The number of carbonyl (C=O) groups is 1. The van der Waals surface area contributed by atoms with Crippen molar-refractivity contribution in [2.24, 2.45) is 11.8 Å². The van der Waals surface area contributed by atoms with Crippen LogP contribution in [0.25, 0.3) is 11.0 Å². The molecular formula is C28H36N4O4S. The first-order valence-corrected chi connectivity index (χ1v) is 14.6. The number of imidazole rings is 1. The van der Waals surface area contributed by atoms with E-state index < -0.39 is 10.0 Å². The molecule has 1 saturated heterocycles. The molecule has 1 aromatic heterocycles. The van der Waals surface area contributed by atoms with E-state index in [4.69, 9.17) is 9.72 Å². The molecule has 2 N–H and O–H groups in total. The molecule has 2 fully saturated rings. The largest absolute Gasteiger partial charge is 0.381 e. The van der Waals surface area contributed by atoms with Gasteiger partial charge in [0.05, 0.1) is 21.6 Å². The fourth-order valence-corrected chi connectivity index (χ4v) is 5.92. The van der Waals surface area contributed by atoms with Crippen molar-refractivity contribution in [3.05, 3.63) is 48.3 Å². The number of rotatable bonds is 8. The second-order valence-electron chi connectivity index (χ2n) is 11.4. The summed E-state index contributed by atoms with van der Waals surface area (Å²) in [6.45, 7) is 8.91. The first-order chi connectivity index (χ1) is 17.6. The lowest BCUT2D eigenvalue weighted by Gasteiger charge is -2.26. The number of anilines is 2. The van der Waals surface area contributed by atoms with Crippen LogP contribution in [-0.2, 0) is 31.5 Å². The van der Waals surface area contributed by atoms with E-state index in [1.54, 1.807) is 24.3 Å². The lowest BCUT2D eigenvalue weighted by atomic mass is 9.94. The molecule has 2 heterocycles. The van der Waals surface area contributed by atoms with Gasteiger partial charge in [-0.15, -0.1) is 0 Å². The quantitative estimate of drug-likeness (QED) is 0.416. The van der Waals surface area contributed by atoms with Crippen molar-refractivity contribution < 1.29 is 17.9 Å². The number of aromatic nitrogens is 2. The molecule has 2 aromatic carbocycles. The zero-order valence-electron chi connectivity index (χ0n) is 21.8. The Bertz CT molecular complexity index is 1380. The van der Waals surface area contributed by atoms with Crippen LogP contribution in [0.3, 0.4) is 0 Å². The van der Waals surface area contributed by atoms with Crippen LogP contribution in [0.15, 0.2) is 47.4 Å². The first-order valence-electron chi connectivity index (χ1n) is 13.1. The fraction of sp³-hybridized carbons (Fsp3) is 0.500. The zero-order chi connectivity index (χ0) is 26.2. The van der Waals surface area contributed by atoms with Crippen LogP contribution in [0.4, 0.5) is 11.4 Å². The van der Waals surface area contributed by atoms with Gasteiger partial charge >= 0.3 is 0 Å².